The van der Waals surface area contributed by atoms with Crippen LogP contribution in [-0.2, 0) is 17.6 Å². The molecular formula is C28H31FN2O2. The quantitative estimate of drug-likeness (QED) is 0.403. The maximum atomic E-state index is 13.4. The van der Waals surface area contributed by atoms with Crippen molar-refractivity contribution in [3.05, 3.63) is 77.7 Å². The molecule has 0 saturated carbocycles. The number of carbonyl (C=O) groups is 1. The molecular weight excluding hydrogens is 415 g/mol. The third-order valence-corrected chi connectivity index (χ3v) is 6.02. The number of rotatable bonds is 9. The average Bonchev–Trinajstić information content (AvgIpc) is 2.84. The molecule has 0 spiro atoms. The molecule has 1 aliphatic rings. The normalized spacial score (nSPS) is 13.7. The number of aryl methyl sites for hydroxylation is 1. The third kappa shape index (κ3) is 6.19. The Morgan fingerprint density at radius 1 is 1.03 bits per heavy atom. The zero-order chi connectivity index (χ0) is 23.0. The number of ketones is 1. The molecule has 4 rings (SSSR count). The number of carbonyl (C=O) groups excluding carboxylic acids is 1. The highest BCUT2D eigenvalue weighted by Gasteiger charge is 2.18. The van der Waals surface area contributed by atoms with Gasteiger partial charge in [-0.15, -0.1) is 0 Å². The van der Waals surface area contributed by atoms with Crippen LogP contribution in [0.1, 0.15) is 43.9 Å². The fourth-order valence-electron chi connectivity index (χ4n) is 4.32. The third-order valence-electron chi connectivity index (χ3n) is 6.02. The monoisotopic (exact) mass is 446 g/mol. The van der Waals surface area contributed by atoms with Gasteiger partial charge in [0.1, 0.15) is 23.2 Å². The molecule has 0 radical (unpaired) electrons. The van der Waals surface area contributed by atoms with Crippen LogP contribution in [0.2, 0.25) is 0 Å². The Bertz CT molecular complexity index is 1080. The number of hydrogen-bond donors (Lipinski definition) is 0. The summed E-state index contributed by atoms with van der Waals surface area (Å²) in [7, 11) is 0. The summed E-state index contributed by atoms with van der Waals surface area (Å²) in [6.07, 6.45) is 4.76. The predicted molar refractivity (Wildman–Crippen MR) is 130 cm³/mol. The van der Waals surface area contributed by atoms with Gasteiger partial charge in [0.25, 0.3) is 0 Å². The van der Waals surface area contributed by atoms with E-state index in [-0.39, 0.29) is 11.6 Å². The summed E-state index contributed by atoms with van der Waals surface area (Å²) < 4.78 is 19.0. The molecule has 3 aromatic rings. The fourth-order valence-corrected chi connectivity index (χ4v) is 4.32. The highest BCUT2D eigenvalue weighted by atomic mass is 19.1. The van der Waals surface area contributed by atoms with Crippen molar-refractivity contribution >= 4 is 11.6 Å². The zero-order valence-corrected chi connectivity index (χ0v) is 19.2. The summed E-state index contributed by atoms with van der Waals surface area (Å²) in [6.45, 7) is 4.58. The number of benzene rings is 2. The molecule has 1 aliphatic heterocycles. The maximum absolute atomic E-state index is 13.4. The van der Waals surface area contributed by atoms with Gasteiger partial charge in [-0.3, -0.25) is 4.79 Å². The summed E-state index contributed by atoms with van der Waals surface area (Å²) in [5, 5.41) is 0. The first kappa shape index (κ1) is 23.0. The lowest BCUT2D eigenvalue weighted by molar-refractivity contribution is -0.118. The number of pyridine rings is 1. The molecule has 1 fully saturated rings. The largest absolute Gasteiger partial charge is 0.494 e. The van der Waals surface area contributed by atoms with Gasteiger partial charge in [-0.2, -0.15) is 0 Å². The first-order chi connectivity index (χ1) is 16.1. The van der Waals surface area contributed by atoms with Crippen molar-refractivity contribution in [1.82, 2.24) is 4.98 Å². The Kier molecular flexibility index (Phi) is 7.71. The van der Waals surface area contributed by atoms with Crippen LogP contribution in [0.25, 0.3) is 11.1 Å². The summed E-state index contributed by atoms with van der Waals surface area (Å²) in [5.74, 6) is 1.66. The molecule has 0 amide bonds. The highest BCUT2D eigenvalue weighted by Crippen LogP contribution is 2.32. The van der Waals surface area contributed by atoms with Crippen molar-refractivity contribution in [3.63, 3.8) is 0 Å². The van der Waals surface area contributed by atoms with Crippen LogP contribution in [0, 0.1) is 5.82 Å². The number of halogens is 1. The van der Waals surface area contributed by atoms with Crippen LogP contribution >= 0.6 is 0 Å². The van der Waals surface area contributed by atoms with Crippen LogP contribution in [0.15, 0.2) is 60.7 Å². The summed E-state index contributed by atoms with van der Waals surface area (Å²) in [6, 6.07) is 18.6. The van der Waals surface area contributed by atoms with E-state index in [0.717, 1.165) is 59.9 Å². The minimum absolute atomic E-state index is 0.116. The van der Waals surface area contributed by atoms with Crippen LogP contribution in [0.3, 0.4) is 0 Å². The number of aromatic nitrogens is 1. The molecule has 4 nitrogen and oxygen atoms in total. The average molecular weight is 447 g/mol. The van der Waals surface area contributed by atoms with Crippen molar-refractivity contribution in [2.45, 2.75) is 45.4 Å². The lowest BCUT2D eigenvalue weighted by Crippen LogP contribution is -2.31. The van der Waals surface area contributed by atoms with Gasteiger partial charge in [-0.05, 0) is 80.1 Å². The first-order valence-electron chi connectivity index (χ1n) is 11.9. The second-order valence-electron chi connectivity index (χ2n) is 8.52. The lowest BCUT2D eigenvalue weighted by Gasteiger charge is -2.30. The number of anilines is 1. The first-order valence-corrected chi connectivity index (χ1v) is 11.9. The zero-order valence-electron chi connectivity index (χ0n) is 19.2. The van der Waals surface area contributed by atoms with E-state index < -0.39 is 0 Å². The van der Waals surface area contributed by atoms with Crippen molar-refractivity contribution in [2.24, 2.45) is 0 Å². The second kappa shape index (κ2) is 11.1. The van der Waals surface area contributed by atoms with Gasteiger partial charge in [0.2, 0.25) is 0 Å². The van der Waals surface area contributed by atoms with E-state index in [9.17, 15) is 9.18 Å². The van der Waals surface area contributed by atoms with E-state index in [1.165, 1.54) is 18.6 Å². The minimum Gasteiger partial charge on any atom is -0.494 e. The molecule has 0 atom stereocenters. The van der Waals surface area contributed by atoms with Gasteiger partial charge >= 0.3 is 0 Å². The number of piperidine rings is 1. The molecule has 172 valence electrons. The summed E-state index contributed by atoms with van der Waals surface area (Å²) >= 11 is 0. The van der Waals surface area contributed by atoms with Crippen LogP contribution in [0.5, 0.6) is 5.75 Å². The van der Waals surface area contributed by atoms with E-state index in [1.807, 2.05) is 31.2 Å². The highest BCUT2D eigenvalue weighted by molar-refractivity contribution is 5.82. The standard InChI is InChI=1S/C28H31FN2O2/c1-2-33-26-14-10-22(11-15-26)27-16-12-24(30-28(27)31-17-4-3-5-18-31)20-25(32)13-9-21-7-6-8-23(29)19-21/h6-8,10-12,14-16,19H,2-5,9,13,17-18,20H2,1H3. The molecule has 5 heteroatoms. The number of Topliss-reactive ketones (excluding diaryl/α,β-unsaturated/α-hetero) is 1. The lowest BCUT2D eigenvalue weighted by atomic mass is 10.0. The number of nitrogens with zero attached hydrogens (tertiary/aromatic N) is 2. The molecule has 0 aliphatic carbocycles. The molecule has 2 heterocycles. The maximum Gasteiger partial charge on any atom is 0.139 e. The van der Waals surface area contributed by atoms with Crippen molar-refractivity contribution in [2.75, 3.05) is 24.6 Å². The Morgan fingerprint density at radius 3 is 2.55 bits per heavy atom. The van der Waals surface area contributed by atoms with Gasteiger partial charge in [0, 0.05) is 31.5 Å². The summed E-state index contributed by atoms with van der Waals surface area (Å²) in [4.78, 5) is 19.9. The van der Waals surface area contributed by atoms with Crippen molar-refractivity contribution in [1.29, 1.82) is 0 Å². The SMILES string of the molecule is CCOc1ccc(-c2ccc(CC(=O)CCc3cccc(F)c3)nc2N2CCCCC2)cc1. The second-order valence-corrected chi connectivity index (χ2v) is 8.52. The van der Waals surface area contributed by atoms with Gasteiger partial charge < -0.3 is 9.64 Å². The molecule has 33 heavy (non-hydrogen) atoms. The minimum atomic E-state index is -0.266. The van der Waals surface area contributed by atoms with Crippen LogP contribution in [0.4, 0.5) is 10.2 Å². The van der Waals surface area contributed by atoms with Gasteiger partial charge in [0.05, 0.1) is 12.3 Å². The van der Waals surface area contributed by atoms with Crippen LogP contribution in [-0.4, -0.2) is 30.5 Å². The molecule has 0 N–H and O–H groups in total. The molecule has 1 aromatic heterocycles. The van der Waals surface area contributed by atoms with Gasteiger partial charge in [-0.25, -0.2) is 9.37 Å². The fraction of sp³-hybridized carbons (Fsp3) is 0.357. The van der Waals surface area contributed by atoms with Crippen molar-refractivity contribution < 1.29 is 13.9 Å². The Labute approximate surface area is 195 Å². The van der Waals surface area contributed by atoms with E-state index in [1.54, 1.807) is 6.07 Å². The number of ether oxygens (including phenoxy) is 1. The molecule has 2 aromatic carbocycles. The van der Waals surface area contributed by atoms with E-state index in [0.29, 0.717) is 25.9 Å². The smallest absolute Gasteiger partial charge is 0.139 e. The van der Waals surface area contributed by atoms with Gasteiger partial charge in [0.15, 0.2) is 0 Å². The molecule has 1 saturated heterocycles. The van der Waals surface area contributed by atoms with Crippen LogP contribution < -0.4 is 9.64 Å². The molecule has 0 bridgehead atoms. The van der Waals surface area contributed by atoms with E-state index in [2.05, 4.69) is 23.1 Å². The van der Waals surface area contributed by atoms with E-state index in [4.69, 9.17) is 9.72 Å². The van der Waals surface area contributed by atoms with E-state index >= 15 is 0 Å². The Balaban J connectivity index is 1.52. The summed E-state index contributed by atoms with van der Waals surface area (Å²) in [5.41, 5.74) is 3.80. The van der Waals surface area contributed by atoms with Crippen molar-refractivity contribution in [3.8, 4) is 16.9 Å². The molecule has 0 unspecified atom stereocenters. The topological polar surface area (TPSA) is 42.4 Å². The van der Waals surface area contributed by atoms with Gasteiger partial charge in [-0.1, -0.05) is 24.3 Å². The number of hydrogen-bond acceptors (Lipinski definition) is 4. The Morgan fingerprint density at radius 2 is 1.82 bits per heavy atom. The Hall–Kier alpha value is -3.21. The predicted octanol–water partition coefficient (Wildman–Crippen LogP) is 6.02.